The third kappa shape index (κ3) is 3.11. The summed E-state index contributed by atoms with van der Waals surface area (Å²) in [5.41, 5.74) is -0.0515. The largest absolute Gasteiger partial charge is 0.341 e. The van der Waals surface area contributed by atoms with Crippen molar-refractivity contribution in [2.24, 2.45) is 5.92 Å². The van der Waals surface area contributed by atoms with Crippen LogP contribution in [0.15, 0.2) is 0 Å². The van der Waals surface area contributed by atoms with Crippen molar-refractivity contribution in [2.75, 3.05) is 13.1 Å². The molecule has 0 bridgehead atoms. The summed E-state index contributed by atoms with van der Waals surface area (Å²) in [6.45, 7) is 5.09. The van der Waals surface area contributed by atoms with Crippen LogP contribution in [0.5, 0.6) is 0 Å². The van der Waals surface area contributed by atoms with E-state index in [2.05, 4.69) is 12.0 Å². The Balaban J connectivity index is 2.10. The maximum absolute atomic E-state index is 12.7. The van der Waals surface area contributed by atoms with Gasteiger partial charge in [-0.15, -0.1) is 0 Å². The molecule has 1 aromatic rings. The molecule has 7 heteroatoms. The molecule has 0 aromatic carbocycles. The zero-order valence-corrected chi connectivity index (χ0v) is 12.3. The molecule has 1 aliphatic heterocycles. The molecule has 0 saturated carbocycles. The number of carbonyl (C=O) groups excluding carboxylic acids is 1. The zero-order chi connectivity index (χ0) is 14.9. The first kappa shape index (κ1) is 15.2. The van der Waals surface area contributed by atoms with Crippen LogP contribution in [-0.4, -0.2) is 33.7 Å². The van der Waals surface area contributed by atoms with E-state index in [9.17, 15) is 13.6 Å². The van der Waals surface area contributed by atoms with E-state index in [0.717, 1.165) is 19.4 Å². The molecular formula is C13H18ClF2N3O. The van der Waals surface area contributed by atoms with E-state index < -0.39 is 12.1 Å². The van der Waals surface area contributed by atoms with Crippen molar-refractivity contribution in [3.63, 3.8) is 0 Å². The fourth-order valence-corrected chi connectivity index (χ4v) is 2.70. The summed E-state index contributed by atoms with van der Waals surface area (Å²) < 4.78 is 26.7. The first-order valence-electron chi connectivity index (χ1n) is 6.69. The highest BCUT2D eigenvalue weighted by atomic mass is 35.5. The summed E-state index contributed by atoms with van der Waals surface area (Å²) in [5.74, 6) is 0.381. The molecule has 1 aliphatic rings. The van der Waals surface area contributed by atoms with E-state index in [-0.39, 0.29) is 17.5 Å². The van der Waals surface area contributed by atoms with Gasteiger partial charge in [-0.1, -0.05) is 18.5 Å². The minimum atomic E-state index is -2.73. The first-order chi connectivity index (χ1) is 9.40. The molecule has 1 amide bonds. The van der Waals surface area contributed by atoms with Crippen molar-refractivity contribution in [3.05, 3.63) is 16.4 Å². The molecule has 0 spiro atoms. The summed E-state index contributed by atoms with van der Waals surface area (Å²) in [4.78, 5) is 14.0. The predicted molar refractivity (Wildman–Crippen MR) is 71.9 cm³/mol. The maximum Gasteiger partial charge on any atom is 0.283 e. The number of amides is 1. The lowest BCUT2D eigenvalue weighted by Gasteiger charge is -2.31. The molecular weight excluding hydrogens is 288 g/mol. The van der Waals surface area contributed by atoms with Crippen molar-refractivity contribution >= 4 is 17.5 Å². The normalized spacial score (nSPS) is 19.7. The van der Waals surface area contributed by atoms with Crippen LogP contribution in [0.2, 0.25) is 5.02 Å². The monoisotopic (exact) mass is 305 g/mol. The van der Waals surface area contributed by atoms with E-state index in [4.69, 9.17) is 11.6 Å². The molecule has 1 aromatic heterocycles. The molecule has 4 nitrogen and oxygen atoms in total. The molecule has 20 heavy (non-hydrogen) atoms. The second kappa shape index (κ2) is 6.08. The molecule has 0 aliphatic carbocycles. The highest BCUT2D eigenvalue weighted by Gasteiger charge is 2.25. The third-order valence-corrected chi connectivity index (χ3v) is 4.13. The Hall–Kier alpha value is -1.17. The average molecular weight is 306 g/mol. The number of carbonyl (C=O) groups is 1. The molecule has 1 fully saturated rings. The Labute approximate surface area is 121 Å². The van der Waals surface area contributed by atoms with E-state index in [1.807, 2.05) is 0 Å². The summed E-state index contributed by atoms with van der Waals surface area (Å²) in [6.07, 6.45) is -0.632. The number of hydrogen-bond donors (Lipinski definition) is 0. The number of hydrogen-bond acceptors (Lipinski definition) is 2. The minimum Gasteiger partial charge on any atom is -0.341 e. The van der Waals surface area contributed by atoms with Crippen LogP contribution in [0.4, 0.5) is 8.78 Å². The van der Waals surface area contributed by atoms with Crippen LogP contribution in [0, 0.1) is 12.8 Å². The quantitative estimate of drug-likeness (QED) is 0.861. The number of alkyl halides is 2. The van der Waals surface area contributed by atoms with Gasteiger partial charge in [0.15, 0.2) is 0 Å². The Morgan fingerprint density at radius 2 is 2.25 bits per heavy atom. The first-order valence-corrected chi connectivity index (χ1v) is 7.06. The molecule has 1 atom stereocenters. The highest BCUT2D eigenvalue weighted by molar-refractivity contribution is 6.31. The van der Waals surface area contributed by atoms with Crippen LogP contribution in [0.3, 0.4) is 0 Å². The van der Waals surface area contributed by atoms with Gasteiger partial charge >= 0.3 is 0 Å². The van der Waals surface area contributed by atoms with E-state index in [1.165, 1.54) is 4.68 Å². The second-order valence-corrected chi connectivity index (χ2v) is 5.71. The predicted octanol–water partition coefficient (Wildman–Crippen LogP) is 3.04. The number of aromatic nitrogens is 2. The van der Waals surface area contributed by atoms with E-state index in [1.54, 1.807) is 11.8 Å². The number of halogens is 3. The summed E-state index contributed by atoms with van der Waals surface area (Å²) in [7, 11) is 0. The number of nitrogens with zero attached hydrogens (tertiary/aromatic N) is 3. The van der Waals surface area contributed by atoms with Gasteiger partial charge in [-0.3, -0.25) is 9.48 Å². The fourth-order valence-electron chi connectivity index (χ4n) is 2.49. The summed E-state index contributed by atoms with van der Waals surface area (Å²) >= 11 is 5.81. The maximum atomic E-state index is 12.7. The lowest BCUT2D eigenvalue weighted by molar-refractivity contribution is -0.133. The molecule has 2 heterocycles. The van der Waals surface area contributed by atoms with Crippen molar-refractivity contribution < 1.29 is 13.6 Å². The smallest absolute Gasteiger partial charge is 0.283 e. The molecule has 0 radical (unpaired) electrons. The van der Waals surface area contributed by atoms with Gasteiger partial charge in [0.05, 0.1) is 10.7 Å². The topological polar surface area (TPSA) is 38.1 Å². The number of likely N-dealkylation sites (tertiary alicyclic amines) is 1. The molecule has 1 saturated heterocycles. The molecule has 0 N–H and O–H groups in total. The molecule has 2 rings (SSSR count). The highest BCUT2D eigenvalue weighted by Crippen LogP contribution is 2.28. The summed E-state index contributed by atoms with van der Waals surface area (Å²) in [5, 5.41) is 3.69. The van der Waals surface area contributed by atoms with E-state index >= 15 is 0 Å². The van der Waals surface area contributed by atoms with E-state index in [0.29, 0.717) is 18.2 Å². The van der Waals surface area contributed by atoms with Gasteiger partial charge in [0.25, 0.3) is 6.43 Å². The van der Waals surface area contributed by atoms with Crippen LogP contribution in [0.1, 0.15) is 37.6 Å². The Bertz CT molecular complexity index is 504. The fraction of sp³-hybridized carbons (Fsp3) is 0.692. The Morgan fingerprint density at radius 3 is 2.80 bits per heavy atom. The van der Waals surface area contributed by atoms with Gasteiger partial charge in [0, 0.05) is 13.1 Å². The number of rotatable bonds is 3. The summed E-state index contributed by atoms with van der Waals surface area (Å²) in [6, 6.07) is 0. The van der Waals surface area contributed by atoms with Gasteiger partial charge < -0.3 is 4.90 Å². The van der Waals surface area contributed by atoms with Gasteiger partial charge in [-0.05, 0) is 25.7 Å². The van der Waals surface area contributed by atoms with Crippen molar-refractivity contribution in [1.29, 1.82) is 0 Å². The standard InChI is InChI=1S/C13H18ClF2N3O/c1-8-4-3-5-18(6-8)10(20)7-19-9(2)11(14)12(17-19)13(15)16/h8,13H,3-7H2,1-2H3/t8-/m0/s1. The lowest BCUT2D eigenvalue weighted by atomic mass is 10.0. The van der Waals surface area contributed by atoms with Crippen LogP contribution >= 0.6 is 11.6 Å². The van der Waals surface area contributed by atoms with Crippen LogP contribution < -0.4 is 0 Å². The Morgan fingerprint density at radius 1 is 1.55 bits per heavy atom. The van der Waals surface area contributed by atoms with Crippen LogP contribution in [-0.2, 0) is 11.3 Å². The zero-order valence-electron chi connectivity index (χ0n) is 11.6. The minimum absolute atomic E-state index is 0.0367. The van der Waals surface area contributed by atoms with Crippen LogP contribution in [0.25, 0.3) is 0 Å². The van der Waals surface area contributed by atoms with Gasteiger partial charge in [0.1, 0.15) is 12.2 Å². The second-order valence-electron chi connectivity index (χ2n) is 5.33. The SMILES string of the molecule is Cc1c(Cl)c(C(F)F)nn1CC(=O)N1CCC[C@H](C)C1. The van der Waals surface area contributed by atoms with Crippen molar-refractivity contribution in [1.82, 2.24) is 14.7 Å². The lowest BCUT2D eigenvalue weighted by Crippen LogP contribution is -2.41. The molecule has 112 valence electrons. The Kier molecular flexibility index (Phi) is 4.62. The third-order valence-electron chi connectivity index (χ3n) is 3.66. The van der Waals surface area contributed by atoms with Gasteiger partial charge in [-0.25, -0.2) is 8.78 Å². The number of piperidine rings is 1. The molecule has 0 unspecified atom stereocenters. The van der Waals surface area contributed by atoms with Crippen molar-refractivity contribution in [2.45, 2.75) is 39.7 Å². The van der Waals surface area contributed by atoms with Gasteiger partial charge in [-0.2, -0.15) is 5.10 Å². The van der Waals surface area contributed by atoms with Gasteiger partial charge in [0.2, 0.25) is 5.91 Å². The average Bonchev–Trinajstić information content (AvgIpc) is 2.67. The van der Waals surface area contributed by atoms with Crippen molar-refractivity contribution in [3.8, 4) is 0 Å².